The Kier molecular flexibility index (Phi) is 8.33. The average molecular weight is 182 g/mol. The highest BCUT2D eigenvalue weighted by atomic mass is 16.1. The third kappa shape index (κ3) is 8.87. The first-order chi connectivity index (χ1) is 6.31. The largest absolute Gasteiger partial charge is 0.356 e. The normalized spacial score (nSPS) is 9.23. The van der Waals surface area contributed by atoms with E-state index in [-0.39, 0.29) is 5.91 Å². The van der Waals surface area contributed by atoms with Crippen molar-refractivity contribution in [1.82, 2.24) is 5.32 Å². The first kappa shape index (κ1) is 12.0. The van der Waals surface area contributed by atoms with E-state index < -0.39 is 0 Å². The van der Waals surface area contributed by atoms with E-state index in [4.69, 9.17) is 5.26 Å². The summed E-state index contributed by atoms with van der Waals surface area (Å²) in [6.07, 6.45) is 5.42. The SMILES string of the molecule is CCC(=O)NCCCCCCC#N. The minimum atomic E-state index is 0.122. The van der Waals surface area contributed by atoms with Crippen LogP contribution in [0.4, 0.5) is 0 Å². The lowest BCUT2D eigenvalue weighted by atomic mass is 10.1. The molecule has 0 bridgehead atoms. The van der Waals surface area contributed by atoms with Crippen molar-refractivity contribution in [3.05, 3.63) is 0 Å². The van der Waals surface area contributed by atoms with Gasteiger partial charge in [0.2, 0.25) is 5.91 Å². The highest BCUT2D eigenvalue weighted by Crippen LogP contribution is 2.01. The molecule has 0 atom stereocenters. The van der Waals surface area contributed by atoms with Gasteiger partial charge in [-0.1, -0.05) is 19.8 Å². The molecule has 1 N–H and O–H groups in total. The summed E-state index contributed by atoms with van der Waals surface area (Å²) in [4.78, 5) is 10.8. The summed E-state index contributed by atoms with van der Waals surface area (Å²) in [5.74, 6) is 0.122. The Morgan fingerprint density at radius 1 is 1.31 bits per heavy atom. The fourth-order valence-electron chi connectivity index (χ4n) is 1.04. The molecule has 0 rings (SSSR count). The molecule has 0 spiro atoms. The van der Waals surface area contributed by atoms with Crippen LogP contribution >= 0.6 is 0 Å². The van der Waals surface area contributed by atoms with Gasteiger partial charge in [-0.05, 0) is 12.8 Å². The third-order valence-corrected chi connectivity index (χ3v) is 1.86. The summed E-state index contributed by atoms with van der Waals surface area (Å²) >= 11 is 0. The summed E-state index contributed by atoms with van der Waals surface area (Å²) < 4.78 is 0. The van der Waals surface area contributed by atoms with E-state index in [9.17, 15) is 4.79 Å². The van der Waals surface area contributed by atoms with E-state index in [1.54, 1.807) is 0 Å². The molecule has 0 unspecified atom stereocenters. The van der Waals surface area contributed by atoms with E-state index in [1.165, 1.54) is 0 Å². The molecule has 3 nitrogen and oxygen atoms in total. The Balaban J connectivity index is 3.00. The van der Waals surface area contributed by atoms with Crippen molar-refractivity contribution in [3.8, 4) is 6.07 Å². The van der Waals surface area contributed by atoms with Gasteiger partial charge in [0.1, 0.15) is 0 Å². The van der Waals surface area contributed by atoms with Gasteiger partial charge in [-0.3, -0.25) is 4.79 Å². The maximum Gasteiger partial charge on any atom is 0.219 e. The van der Waals surface area contributed by atoms with Crippen molar-refractivity contribution in [1.29, 1.82) is 5.26 Å². The first-order valence-electron chi connectivity index (χ1n) is 4.95. The number of amides is 1. The summed E-state index contributed by atoms with van der Waals surface area (Å²) in [6, 6.07) is 2.12. The van der Waals surface area contributed by atoms with Crippen LogP contribution in [-0.4, -0.2) is 12.5 Å². The lowest BCUT2D eigenvalue weighted by Gasteiger charge is -2.02. The van der Waals surface area contributed by atoms with Crippen molar-refractivity contribution < 1.29 is 4.79 Å². The number of carbonyl (C=O) groups excluding carboxylic acids is 1. The van der Waals surface area contributed by atoms with Gasteiger partial charge in [-0.25, -0.2) is 0 Å². The van der Waals surface area contributed by atoms with Crippen LogP contribution in [-0.2, 0) is 4.79 Å². The van der Waals surface area contributed by atoms with Gasteiger partial charge in [0.05, 0.1) is 6.07 Å². The zero-order valence-electron chi connectivity index (χ0n) is 8.31. The highest BCUT2D eigenvalue weighted by molar-refractivity contribution is 5.75. The summed E-state index contributed by atoms with van der Waals surface area (Å²) in [7, 11) is 0. The van der Waals surface area contributed by atoms with Crippen molar-refractivity contribution in [2.45, 2.75) is 45.4 Å². The lowest BCUT2D eigenvalue weighted by Crippen LogP contribution is -2.23. The number of nitrogens with one attached hydrogen (secondary N) is 1. The molecule has 0 aromatic carbocycles. The van der Waals surface area contributed by atoms with Gasteiger partial charge in [0, 0.05) is 19.4 Å². The van der Waals surface area contributed by atoms with Crippen LogP contribution in [0.15, 0.2) is 0 Å². The van der Waals surface area contributed by atoms with E-state index in [1.807, 2.05) is 6.92 Å². The van der Waals surface area contributed by atoms with Crippen LogP contribution in [0.2, 0.25) is 0 Å². The average Bonchev–Trinajstić information content (AvgIpc) is 2.16. The minimum Gasteiger partial charge on any atom is -0.356 e. The van der Waals surface area contributed by atoms with Crippen LogP contribution in [0.3, 0.4) is 0 Å². The predicted molar refractivity (Wildman–Crippen MR) is 52.0 cm³/mol. The molecule has 0 aromatic heterocycles. The topological polar surface area (TPSA) is 52.9 Å². The monoisotopic (exact) mass is 182 g/mol. The summed E-state index contributed by atoms with van der Waals surface area (Å²) in [5, 5.41) is 11.1. The zero-order chi connectivity index (χ0) is 9.94. The number of nitrogens with zero attached hydrogens (tertiary/aromatic N) is 1. The molecule has 0 aliphatic rings. The molecule has 74 valence electrons. The highest BCUT2D eigenvalue weighted by Gasteiger charge is 1.94. The number of nitriles is 1. The Hall–Kier alpha value is -1.04. The molecule has 0 aliphatic carbocycles. The molecule has 3 heteroatoms. The maximum absolute atomic E-state index is 10.8. The Labute approximate surface area is 80.1 Å². The molecule has 0 fully saturated rings. The number of carbonyl (C=O) groups is 1. The first-order valence-corrected chi connectivity index (χ1v) is 4.95. The zero-order valence-corrected chi connectivity index (χ0v) is 8.31. The van der Waals surface area contributed by atoms with Gasteiger partial charge < -0.3 is 5.32 Å². The lowest BCUT2D eigenvalue weighted by molar-refractivity contribution is -0.120. The molecule has 0 saturated carbocycles. The second kappa shape index (κ2) is 9.05. The van der Waals surface area contributed by atoms with Gasteiger partial charge >= 0.3 is 0 Å². The van der Waals surface area contributed by atoms with E-state index in [0.717, 1.165) is 32.2 Å². The molecule has 1 amide bonds. The van der Waals surface area contributed by atoms with Crippen molar-refractivity contribution in [2.24, 2.45) is 0 Å². The molecule has 13 heavy (non-hydrogen) atoms. The van der Waals surface area contributed by atoms with Crippen molar-refractivity contribution in [2.75, 3.05) is 6.54 Å². The number of rotatable bonds is 7. The Morgan fingerprint density at radius 2 is 2.00 bits per heavy atom. The second-order valence-corrected chi connectivity index (χ2v) is 3.03. The molecule has 0 aliphatic heterocycles. The molecule has 0 saturated heterocycles. The summed E-state index contributed by atoms with van der Waals surface area (Å²) in [5.41, 5.74) is 0. The van der Waals surface area contributed by atoms with E-state index in [0.29, 0.717) is 12.8 Å². The Morgan fingerprint density at radius 3 is 2.62 bits per heavy atom. The van der Waals surface area contributed by atoms with Crippen molar-refractivity contribution in [3.63, 3.8) is 0 Å². The standard InChI is InChI=1S/C10H18N2O/c1-2-10(13)12-9-7-5-3-4-6-8-11/h2-7,9H2,1H3,(H,12,13). The van der Waals surface area contributed by atoms with Crippen LogP contribution in [0.5, 0.6) is 0 Å². The van der Waals surface area contributed by atoms with Gasteiger partial charge in [0.25, 0.3) is 0 Å². The van der Waals surface area contributed by atoms with Crippen LogP contribution in [0.25, 0.3) is 0 Å². The van der Waals surface area contributed by atoms with E-state index in [2.05, 4.69) is 11.4 Å². The molecular weight excluding hydrogens is 164 g/mol. The molecule has 0 aromatic rings. The Bertz CT molecular complexity index is 172. The predicted octanol–water partition coefficient (Wildman–Crippen LogP) is 1.99. The van der Waals surface area contributed by atoms with Crippen molar-refractivity contribution >= 4 is 5.91 Å². The fraction of sp³-hybridized carbons (Fsp3) is 0.800. The van der Waals surface area contributed by atoms with Gasteiger partial charge in [0.15, 0.2) is 0 Å². The third-order valence-electron chi connectivity index (χ3n) is 1.86. The number of hydrogen-bond acceptors (Lipinski definition) is 2. The molecule has 0 heterocycles. The quantitative estimate of drug-likeness (QED) is 0.612. The fourth-order valence-corrected chi connectivity index (χ4v) is 1.04. The number of unbranched alkanes of at least 4 members (excludes halogenated alkanes) is 4. The van der Waals surface area contributed by atoms with Gasteiger partial charge in [-0.15, -0.1) is 0 Å². The second-order valence-electron chi connectivity index (χ2n) is 3.03. The number of hydrogen-bond donors (Lipinski definition) is 1. The summed E-state index contributed by atoms with van der Waals surface area (Å²) in [6.45, 7) is 2.63. The molecular formula is C10H18N2O. The molecule has 0 radical (unpaired) electrons. The van der Waals surface area contributed by atoms with Crippen LogP contribution in [0.1, 0.15) is 45.4 Å². The van der Waals surface area contributed by atoms with E-state index >= 15 is 0 Å². The maximum atomic E-state index is 10.8. The smallest absolute Gasteiger partial charge is 0.219 e. The minimum absolute atomic E-state index is 0.122. The van der Waals surface area contributed by atoms with Gasteiger partial charge in [-0.2, -0.15) is 5.26 Å². The van der Waals surface area contributed by atoms with Crippen LogP contribution < -0.4 is 5.32 Å². The van der Waals surface area contributed by atoms with Crippen LogP contribution in [0, 0.1) is 11.3 Å².